The van der Waals surface area contributed by atoms with Gasteiger partial charge < -0.3 is 10.1 Å². The van der Waals surface area contributed by atoms with E-state index in [1.54, 1.807) is 0 Å². The van der Waals surface area contributed by atoms with Crippen LogP contribution < -0.4 is 10.1 Å². The number of nitrogens with one attached hydrogen (secondary N) is 1. The highest BCUT2D eigenvalue weighted by Gasteiger charge is 2.12. The van der Waals surface area contributed by atoms with Crippen LogP contribution in [0, 0.1) is 6.92 Å². The van der Waals surface area contributed by atoms with E-state index in [2.05, 4.69) is 59.0 Å². The van der Waals surface area contributed by atoms with Crippen LogP contribution in [0.2, 0.25) is 0 Å². The van der Waals surface area contributed by atoms with Crippen molar-refractivity contribution in [2.75, 3.05) is 11.9 Å². The number of aryl methyl sites for hydroxylation is 1. The molecule has 0 aliphatic heterocycles. The van der Waals surface area contributed by atoms with Gasteiger partial charge in [0, 0.05) is 12.2 Å². The van der Waals surface area contributed by atoms with Crippen LogP contribution in [-0.2, 0) is 0 Å². The zero-order chi connectivity index (χ0) is 13.0. The zero-order valence-electron chi connectivity index (χ0n) is 11.9. The second kappa shape index (κ2) is 5.95. The monoisotopic (exact) mass is 235 g/mol. The van der Waals surface area contributed by atoms with Gasteiger partial charge in [0.15, 0.2) is 0 Å². The Bertz CT molecular complexity index is 369. The van der Waals surface area contributed by atoms with Gasteiger partial charge in [0.1, 0.15) is 5.75 Å². The molecule has 0 heterocycles. The van der Waals surface area contributed by atoms with E-state index in [1.807, 2.05) is 0 Å². The molecule has 0 aliphatic carbocycles. The van der Waals surface area contributed by atoms with E-state index in [9.17, 15) is 0 Å². The molecule has 0 amide bonds. The van der Waals surface area contributed by atoms with E-state index in [0.29, 0.717) is 5.92 Å². The second-order valence-corrected chi connectivity index (χ2v) is 5.06. The fourth-order valence-electron chi connectivity index (χ4n) is 1.89. The SMILES string of the molecule is CCNc1cc(C(C)C)c(OC(C)C)cc1C. The predicted octanol–water partition coefficient (Wildman–Crippen LogP) is 4.34. The Morgan fingerprint density at radius 2 is 1.82 bits per heavy atom. The highest BCUT2D eigenvalue weighted by molar-refractivity contribution is 5.58. The van der Waals surface area contributed by atoms with E-state index in [1.165, 1.54) is 16.8 Å². The van der Waals surface area contributed by atoms with Crippen molar-refractivity contribution in [2.24, 2.45) is 0 Å². The third-order valence-corrected chi connectivity index (χ3v) is 2.71. The molecule has 2 nitrogen and oxygen atoms in total. The fraction of sp³-hybridized carbons (Fsp3) is 0.600. The average Bonchev–Trinajstić information content (AvgIpc) is 2.20. The molecule has 2 heteroatoms. The van der Waals surface area contributed by atoms with Gasteiger partial charge in [0.2, 0.25) is 0 Å². The van der Waals surface area contributed by atoms with E-state index < -0.39 is 0 Å². The van der Waals surface area contributed by atoms with E-state index in [0.717, 1.165) is 12.3 Å². The maximum atomic E-state index is 5.89. The molecule has 0 radical (unpaired) electrons. The molecule has 0 bridgehead atoms. The van der Waals surface area contributed by atoms with Crippen molar-refractivity contribution in [3.63, 3.8) is 0 Å². The van der Waals surface area contributed by atoms with Crippen LogP contribution in [0.1, 0.15) is 51.7 Å². The third kappa shape index (κ3) is 3.65. The van der Waals surface area contributed by atoms with Crippen LogP contribution in [0.5, 0.6) is 5.75 Å². The summed E-state index contributed by atoms with van der Waals surface area (Å²) in [6.45, 7) is 13.7. The average molecular weight is 235 g/mol. The maximum absolute atomic E-state index is 5.89. The number of hydrogen-bond acceptors (Lipinski definition) is 2. The molecule has 0 aromatic heterocycles. The van der Waals surface area contributed by atoms with Gasteiger partial charge in [-0.25, -0.2) is 0 Å². The van der Waals surface area contributed by atoms with E-state index in [-0.39, 0.29) is 6.10 Å². The molecule has 1 aromatic carbocycles. The summed E-state index contributed by atoms with van der Waals surface area (Å²) in [4.78, 5) is 0. The summed E-state index contributed by atoms with van der Waals surface area (Å²) in [5.74, 6) is 1.50. The van der Waals surface area contributed by atoms with E-state index in [4.69, 9.17) is 4.74 Å². The zero-order valence-corrected chi connectivity index (χ0v) is 11.9. The Morgan fingerprint density at radius 3 is 2.29 bits per heavy atom. The topological polar surface area (TPSA) is 21.3 Å². The van der Waals surface area contributed by atoms with Gasteiger partial charge in [0.05, 0.1) is 6.10 Å². The van der Waals surface area contributed by atoms with Gasteiger partial charge in [-0.05, 0) is 56.9 Å². The lowest BCUT2D eigenvalue weighted by Gasteiger charge is -2.19. The van der Waals surface area contributed by atoms with Crippen molar-refractivity contribution in [2.45, 2.75) is 53.6 Å². The molecule has 1 aromatic rings. The van der Waals surface area contributed by atoms with Crippen molar-refractivity contribution in [3.8, 4) is 5.75 Å². The minimum Gasteiger partial charge on any atom is -0.491 e. The third-order valence-electron chi connectivity index (χ3n) is 2.71. The number of anilines is 1. The molecule has 0 aliphatic rings. The van der Waals surface area contributed by atoms with Gasteiger partial charge in [-0.2, -0.15) is 0 Å². The molecular formula is C15H25NO. The summed E-state index contributed by atoms with van der Waals surface area (Å²) in [6, 6.07) is 4.37. The second-order valence-electron chi connectivity index (χ2n) is 5.06. The maximum Gasteiger partial charge on any atom is 0.123 e. The van der Waals surface area contributed by atoms with Crippen LogP contribution in [0.25, 0.3) is 0 Å². The van der Waals surface area contributed by atoms with Gasteiger partial charge in [-0.15, -0.1) is 0 Å². The highest BCUT2D eigenvalue weighted by atomic mass is 16.5. The Hall–Kier alpha value is -1.18. The molecule has 0 unspecified atom stereocenters. The first-order valence-electron chi connectivity index (χ1n) is 6.50. The van der Waals surface area contributed by atoms with Crippen molar-refractivity contribution in [1.82, 2.24) is 0 Å². The van der Waals surface area contributed by atoms with Crippen LogP contribution in [-0.4, -0.2) is 12.6 Å². The first-order valence-corrected chi connectivity index (χ1v) is 6.50. The first-order chi connectivity index (χ1) is 7.95. The molecule has 0 atom stereocenters. The minimum atomic E-state index is 0.219. The van der Waals surface area contributed by atoms with Gasteiger partial charge in [-0.1, -0.05) is 13.8 Å². The van der Waals surface area contributed by atoms with Gasteiger partial charge >= 0.3 is 0 Å². The molecule has 96 valence electrons. The largest absolute Gasteiger partial charge is 0.491 e. The van der Waals surface area contributed by atoms with Crippen molar-refractivity contribution < 1.29 is 4.74 Å². The van der Waals surface area contributed by atoms with E-state index >= 15 is 0 Å². The molecule has 17 heavy (non-hydrogen) atoms. The molecule has 0 spiro atoms. The highest BCUT2D eigenvalue weighted by Crippen LogP contribution is 2.32. The molecule has 1 rings (SSSR count). The van der Waals surface area contributed by atoms with Crippen LogP contribution in [0.3, 0.4) is 0 Å². The number of rotatable bonds is 5. The number of hydrogen-bond donors (Lipinski definition) is 1. The summed E-state index contributed by atoms with van der Waals surface area (Å²) >= 11 is 0. The normalized spacial score (nSPS) is 11.1. The van der Waals surface area contributed by atoms with Gasteiger partial charge in [-0.3, -0.25) is 0 Å². The predicted molar refractivity (Wildman–Crippen MR) is 75.2 cm³/mol. The summed E-state index contributed by atoms with van der Waals surface area (Å²) in [5, 5.41) is 3.40. The minimum absolute atomic E-state index is 0.219. The van der Waals surface area contributed by atoms with Crippen molar-refractivity contribution in [3.05, 3.63) is 23.3 Å². The fourth-order valence-corrected chi connectivity index (χ4v) is 1.89. The standard InChI is InChI=1S/C15H25NO/c1-7-16-14-9-13(10(2)3)15(8-12(14)6)17-11(4)5/h8-11,16H,7H2,1-6H3. The summed E-state index contributed by atoms with van der Waals surface area (Å²) in [6.07, 6.45) is 0.219. The quantitative estimate of drug-likeness (QED) is 0.819. The lowest BCUT2D eigenvalue weighted by Crippen LogP contribution is -2.09. The Morgan fingerprint density at radius 1 is 1.18 bits per heavy atom. The Kier molecular flexibility index (Phi) is 4.86. The molecule has 1 N–H and O–H groups in total. The summed E-state index contributed by atoms with van der Waals surface area (Å²) < 4.78 is 5.89. The molecular weight excluding hydrogens is 210 g/mol. The van der Waals surface area contributed by atoms with Crippen LogP contribution >= 0.6 is 0 Å². The Labute approximate surface area is 105 Å². The summed E-state index contributed by atoms with van der Waals surface area (Å²) in [5.41, 5.74) is 3.74. The lowest BCUT2D eigenvalue weighted by atomic mass is 9.99. The van der Waals surface area contributed by atoms with Crippen LogP contribution in [0.4, 0.5) is 5.69 Å². The lowest BCUT2D eigenvalue weighted by molar-refractivity contribution is 0.239. The van der Waals surface area contributed by atoms with Crippen molar-refractivity contribution >= 4 is 5.69 Å². The summed E-state index contributed by atoms with van der Waals surface area (Å²) in [7, 11) is 0. The number of ether oxygens (including phenoxy) is 1. The molecule has 0 fully saturated rings. The van der Waals surface area contributed by atoms with Crippen LogP contribution in [0.15, 0.2) is 12.1 Å². The smallest absolute Gasteiger partial charge is 0.123 e. The molecule has 0 saturated heterocycles. The Balaban J connectivity index is 3.15. The first kappa shape index (κ1) is 13.9. The van der Waals surface area contributed by atoms with Crippen molar-refractivity contribution in [1.29, 1.82) is 0 Å². The number of benzene rings is 1. The van der Waals surface area contributed by atoms with Gasteiger partial charge in [0.25, 0.3) is 0 Å². The molecule has 0 saturated carbocycles.